The average molecular weight is 276 g/mol. The van der Waals surface area contributed by atoms with Crippen LogP contribution in [0.2, 0.25) is 4.34 Å². The molecule has 4 heteroatoms. The zero-order valence-corrected chi connectivity index (χ0v) is 12.6. The molecule has 0 spiro atoms. The van der Waals surface area contributed by atoms with Gasteiger partial charge in [0.2, 0.25) is 0 Å². The van der Waals surface area contributed by atoms with E-state index in [0.29, 0.717) is 6.04 Å². The molecule has 2 nitrogen and oxygen atoms in total. The predicted molar refractivity (Wildman–Crippen MR) is 76.2 cm³/mol. The van der Waals surface area contributed by atoms with Gasteiger partial charge in [0.25, 0.3) is 0 Å². The molecule has 0 saturated carbocycles. The van der Waals surface area contributed by atoms with Gasteiger partial charge in [-0.15, -0.1) is 11.3 Å². The summed E-state index contributed by atoms with van der Waals surface area (Å²) in [4.78, 5) is 1.30. The highest BCUT2D eigenvalue weighted by Crippen LogP contribution is 2.29. The normalized spacial score (nSPS) is 13.9. The molecule has 1 heterocycles. The molecule has 1 N–H and O–H groups in total. The fourth-order valence-corrected chi connectivity index (χ4v) is 3.52. The van der Waals surface area contributed by atoms with Crippen molar-refractivity contribution in [1.29, 1.82) is 0 Å². The Kier molecular flexibility index (Phi) is 5.93. The monoisotopic (exact) mass is 275 g/mol. The van der Waals surface area contributed by atoms with E-state index in [4.69, 9.17) is 16.3 Å². The first-order valence-electron chi connectivity index (χ1n) is 6.08. The lowest BCUT2D eigenvalue weighted by Crippen LogP contribution is -2.51. The Hall–Kier alpha value is -0.0900. The number of ether oxygens (including phenoxy) is 1. The van der Waals surface area contributed by atoms with Gasteiger partial charge in [0.15, 0.2) is 0 Å². The Morgan fingerprint density at radius 1 is 1.41 bits per heavy atom. The van der Waals surface area contributed by atoms with Crippen molar-refractivity contribution < 1.29 is 4.74 Å². The summed E-state index contributed by atoms with van der Waals surface area (Å²) < 4.78 is 6.63. The summed E-state index contributed by atoms with van der Waals surface area (Å²) in [7, 11) is 3.80. The third kappa shape index (κ3) is 3.44. The predicted octanol–water partition coefficient (Wildman–Crippen LogP) is 3.74. The lowest BCUT2D eigenvalue weighted by atomic mass is 9.86. The van der Waals surface area contributed by atoms with Crippen LogP contribution in [0.1, 0.15) is 31.6 Å². The highest BCUT2D eigenvalue weighted by atomic mass is 35.5. The molecule has 0 bridgehead atoms. The number of thiophene rings is 1. The zero-order chi connectivity index (χ0) is 12.9. The Morgan fingerprint density at radius 2 is 2.06 bits per heavy atom. The van der Waals surface area contributed by atoms with Crippen LogP contribution >= 0.6 is 22.9 Å². The van der Waals surface area contributed by atoms with Crippen LogP contribution in [-0.2, 0) is 11.2 Å². The average Bonchev–Trinajstić information content (AvgIpc) is 2.76. The van der Waals surface area contributed by atoms with Crippen molar-refractivity contribution in [3.8, 4) is 0 Å². The van der Waals surface area contributed by atoms with Crippen LogP contribution in [-0.4, -0.2) is 25.8 Å². The molecule has 1 rings (SSSR count). The lowest BCUT2D eigenvalue weighted by Gasteiger charge is -2.38. The summed E-state index contributed by atoms with van der Waals surface area (Å²) in [6.07, 6.45) is 2.97. The van der Waals surface area contributed by atoms with Crippen LogP contribution in [0.5, 0.6) is 0 Å². The van der Waals surface area contributed by atoms with Crippen molar-refractivity contribution >= 4 is 22.9 Å². The standard InChI is InChI=1S/C13H22ClNOS/c1-5-13(6-2,16-4)11(15-3)9-10-7-8-12(14)17-10/h7-8,11,15H,5-6,9H2,1-4H3. The van der Waals surface area contributed by atoms with E-state index in [1.54, 1.807) is 18.4 Å². The molecule has 0 amide bonds. The van der Waals surface area contributed by atoms with E-state index in [-0.39, 0.29) is 5.60 Å². The van der Waals surface area contributed by atoms with Gasteiger partial charge in [-0.05, 0) is 38.4 Å². The summed E-state index contributed by atoms with van der Waals surface area (Å²) in [5.74, 6) is 0. The van der Waals surface area contributed by atoms with Gasteiger partial charge in [-0.3, -0.25) is 0 Å². The third-order valence-corrected chi connectivity index (χ3v) is 4.87. The fourth-order valence-electron chi connectivity index (χ4n) is 2.39. The maximum atomic E-state index is 5.97. The van der Waals surface area contributed by atoms with Crippen molar-refractivity contribution in [2.45, 2.75) is 44.8 Å². The second kappa shape index (κ2) is 6.74. The minimum Gasteiger partial charge on any atom is -0.377 e. The molecule has 98 valence electrons. The van der Waals surface area contributed by atoms with Gasteiger partial charge in [0, 0.05) is 18.0 Å². The molecule has 0 aliphatic heterocycles. The summed E-state index contributed by atoms with van der Waals surface area (Å²) in [6.45, 7) is 4.36. The summed E-state index contributed by atoms with van der Waals surface area (Å²) in [6, 6.07) is 4.38. The molecule has 1 aromatic heterocycles. The van der Waals surface area contributed by atoms with Gasteiger partial charge in [0.05, 0.1) is 9.94 Å². The highest BCUT2D eigenvalue weighted by Gasteiger charge is 2.34. The SMILES string of the molecule is CCC(CC)(OC)C(Cc1ccc(Cl)s1)NC. The maximum Gasteiger partial charge on any atom is 0.0931 e. The molecular weight excluding hydrogens is 254 g/mol. The van der Waals surface area contributed by atoms with E-state index < -0.39 is 0 Å². The van der Waals surface area contributed by atoms with Crippen LogP contribution < -0.4 is 5.32 Å². The minimum absolute atomic E-state index is 0.0920. The molecule has 17 heavy (non-hydrogen) atoms. The Morgan fingerprint density at radius 3 is 2.41 bits per heavy atom. The number of likely N-dealkylation sites (N-methyl/N-ethyl adjacent to an activating group) is 1. The van der Waals surface area contributed by atoms with Gasteiger partial charge in [0.1, 0.15) is 0 Å². The van der Waals surface area contributed by atoms with E-state index in [9.17, 15) is 0 Å². The first-order valence-corrected chi connectivity index (χ1v) is 7.28. The molecule has 0 saturated heterocycles. The van der Waals surface area contributed by atoms with Crippen molar-refractivity contribution in [2.24, 2.45) is 0 Å². The second-order valence-electron chi connectivity index (χ2n) is 4.23. The summed E-state index contributed by atoms with van der Waals surface area (Å²) in [5, 5.41) is 3.39. The van der Waals surface area contributed by atoms with Crippen molar-refractivity contribution in [3.05, 3.63) is 21.3 Å². The van der Waals surface area contributed by atoms with Crippen molar-refractivity contribution in [2.75, 3.05) is 14.2 Å². The van der Waals surface area contributed by atoms with Crippen LogP contribution in [0, 0.1) is 0 Å². The molecule has 0 aromatic carbocycles. The van der Waals surface area contributed by atoms with Gasteiger partial charge >= 0.3 is 0 Å². The van der Waals surface area contributed by atoms with E-state index >= 15 is 0 Å². The van der Waals surface area contributed by atoms with Gasteiger partial charge < -0.3 is 10.1 Å². The molecule has 1 aromatic rings. The first-order chi connectivity index (χ1) is 8.11. The van der Waals surface area contributed by atoms with E-state index in [1.165, 1.54) is 4.88 Å². The largest absolute Gasteiger partial charge is 0.377 e. The first kappa shape index (κ1) is 15.0. The molecule has 0 aliphatic rings. The number of halogens is 1. The van der Waals surface area contributed by atoms with E-state index in [0.717, 1.165) is 23.6 Å². The second-order valence-corrected chi connectivity index (χ2v) is 6.03. The van der Waals surface area contributed by atoms with Crippen LogP contribution in [0.3, 0.4) is 0 Å². The number of hydrogen-bond donors (Lipinski definition) is 1. The number of hydrogen-bond acceptors (Lipinski definition) is 3. The van der Waals surface area contributed by atoms with Crippen LogP contribution in [0.25, 0.3) is 0 Å². The van der Waals surface area contributed by atoms with Crippen molar-refractivity contribution in [1.82, 2.24) is 5.32 Å². The Balaban J connectivity index is 2.82. The van der Waals surface area contributed by atoms with Crippen LogP contribution in [0.15, 0.2) is 12.1 Å². The minimum atomic E-state index is -0.0920. The summed E-state index contributed by atoms with van der Waals surface area (Å²) >= 11 is 7.62. The molecule has 0 fully saturated rings. The molecule has 0 aliphatic carbocycles. The summed E-state index contributed by atoms with van der Waals surface area (Å²) in [5.41, 5.74) is -0.0920. The fraction of sp³-hybridized carbons (Fsp3) is 0.692. The molecule has 1 atom stereocenters. The van der Waals surface area contributed by atoms with Gasteiger partial charge in [-0.25, -0.2) is 0 Å². The lowest BCUT2D eigenvalue weighted by molar-refractivity contribution is -0.0452. The molecule has 0 radical (unpaired) electrons. The Labute approximate surface area is 113 Å². The Bertz CT molecular complexity index is 328. The molecule has 1 unspecified atom stereocenters. The van der Waals surface area contributed by atoms with Gasteiger partial charge in [-0.1, -0.05) is 25.4 Å². The topological polar surface area (TPSA) is 21.3 Å². The van der Waals surface area contributed by atoms with Gasteiger partial charge in [-0.2, -0.15) is 0 Å². The number of methoxy groups -OCH3 is 1. The number of nitrogens with one attached hydrogen (secondary N) is 1. The van der Waals surface area contributed by atoms with E-state index in [2.05, 4.69) is 25.2 Å². The smallest absolute Gasteiger partial charge is 0.0931 e. The zero-order valence-electron chi connectivity index (χ0n) is 11.0. The number of rotatable bonds is 7. The maximum absolute atomic E-state index is 5.97. The highest BCUT2D eigenvalue weighted by molar-refractivity contribution is 7.16. The van der Waals surface area contributed by atoms with Crippen LogP contribution in [0.4, 0.5) is 0 Å². The third-order valence-electron chi connectivity index (χ3n) is 3.62. The quantitative estimate of drug-likeness (QED) is 0.819. The van der Waals surface area contributed by atoms with Crippen molar-refractivity contribution in [3.63, 3.8) is 0 Å². The van der Waals surface area contributed by atoms with E-state index in [1.807, 2.05) is 13.1 Å². The molecular formula is C13H22ClNOS.